The summed E-state index contributed by atoms with van der Waals surface area (Å²) in [6, 6.07) is 1.64. The number of ketones is 1. The van der Waals surface area contributed by atoms with Crippen LogP contribution < -0.4 is 0 Å². The van der Waals surface area contributed by atoms with E-state index >= 15 is 0 Å². The summed E-state index contributed by atoms with van der Waals surface area (Å²) in [5, 5.41) is 7.09. The third-order valence-electron chi connectivity index (χ3n) is 3.50. The lowest BCUT2D eigenvalue weighted by Gasteiger charge is -2.24. The Morgan fingerprint density at radius 1 is 1.27 bits per heavy atom. The Morgan fingerprint density at radius 3 is 2.59 bits per heavy atom. The third-order valence-corrected chi connectivity index (χ3v) is 5.02. The van der Waals surface area contributed by atoms with E-state index in [0.717, 1.165) is 11.3 Å². The van der Waals surface area contributed by atoms with Crippen LogP contribution >= 0.6 is 34.5 Å². The summed E-state index contributed by atoms with van der Waals surface area (Å²) < 4.78 is 39.8. The number of alkyl halides is 3. The Bertz CT molecular complexity index is 760. The molecule has 1 aliphatic carbocycles. The van der Waals surface area contributed by atoms with E-state index in [0.29, 0.717) is 20.4 Å². The van der Waals surface area contributed by atoms with Crippen LogP contribution in [0.3, 0.4) is 0 Å². The molecule has 116 valence electrons. The highest BCUT2D eigenvalue weighted by Gasteiger charge is 2.40. The molecule has 0 saturated carbocycles. The van der Waals surface area contributed by atoms with Crippen molar-refractivity contribution in [3.05, 3.63) is 43.3 Å². The van der Waals surface area contributed by atoms with Crippen molar-refractivity contribution in [3.63, 3.8) is 0 Å². The minimum Gasteiger partial charge on any atom is -0.294 e. The highest BCUT2D eigenvalue weighted by molar-refractivity contribution is 7.20. The van der Waals surface area contributed by atoms with Gasteiger partial charge in [-0.1, -0.05) is 23.2 Å². The Kier molecular flexibility index (Phi) is 3.91. The Morgan fingerprint density at radius 2 is 2.00 bits per heavy atom. The summed E-state index contributed by atoms with van der Waals surface area (Å²) in [5.41, 5.74) is -0.698. The number of aromatic nitrogens is 2. The number of nitrogens with zero attached hydrogens (tertiary/aromatic N) is 2. The number of hydrogen-bond acceptors (Lipinski definition) is 4. The smallest absolute Gasteiger partial charge is 0.294 e. The zero-order valence-electron chi connectivity index (χ0n) is 10.7. The first-order chi connectivity index (χ1) is 10.3. The second kappa shape index (κ2) is 5.47. The highest BCUT2D eigenvalue weighted by atomic mass is 35.5. The summed E-state index contributed by atoms with van der Waals surface area (Å²) in [5.74, 6) is -0.944. The van der Waals surface area contributed by atoms with Crippen molar-refractivity contribution in [1.82, 2.24) is 10.2 Å². The minimum atomic E-state index is -4.63. The van der Waals surface area contributed by atoms with Crippen molar-refractivity contribution in [2.75, 3.05) is 0 Å². The molecule has 2 heterocycles. The van der Waals surface area contributed by atoms with Crippen LogP contribution in [0.4, 0.5) is 13.2 Å². The fourth-order valence-electron chi connectivity index (χ4n) is 2.58. The third kappa shape index (κ3) is 2.73. The van der Waals surface area contributed by atoms with Crippen LogP contribution in [0.15, 0.2) is 12.3 Å². The second-order valence-electron chi connectivity index (χ2n) is 4.89. The van der Waals surface area contributed by atoms with Crippen molar-refractivity contribution in [2.45, 2.75) is 24.9 Å². The van der Waals surface area contributed by atoms with Gasteiger partial charge in [-0.05, 0) is 24.0 Å². The van der Waals surface area contributed by atoms with Gasteiger partial charge >= 0.3 is 6.18 Å². The molecule has 9 heteroatoms. The topological polar surface area (TPSA) is 42.9 Å². The van der Waals surface area contributed by atoms with Gasteiger partial charge in [-0.2, -0.15) is 23.4 Å². The molecular weight excluding hydrogens is 360 g/mol. The number of halogens is 5. The van der Waals surface area contributed by atoms with Crippen LogP contribution in [0.25, 0.3) is 0 Å². The van der Waals surface area contributed by atoms with E-state index in [1.165, 1.54) is 0 Å². The van der Waals surface area contributed by atoms with Gasteiger partial charge in [-0.3, -0.25) is 4.79 Å². The Labute approximate surface area is 137 Å². The molecule has 1 aliphatic rings. The first kappa shape index (κ1) is 15.7. The monoisotopic (exact) mass is 366 g/mol. The molecule has 0 bridgehead atoms. The van der Waals surface area contributed by atoms with Crippen LogP contribution in [0.1, 0.15) is 39.5 Å². The normalized spacial score (nSPS) is 18.4. The molecule has 0 saturated heterocycles. The average molecular weight is 367 g/mol. The number of hydrogen-bond donors (Lipinski definition) is 0. The minimum absolute atomic E-state index is 0.0504. The van der Waals surface area contributed by atoms with E-state index in [4.69, 9.17) is 23.2 Å². The molecule has 22 heavy (non-hydrogen) atoms. The van der Waals surface area contributed by atoms with Crippen molar-refractivity contribution in [2.24, 2.45) is 0 Å². The molecule has 0 N–H and O–H groups in total. The zero-order chi connectivity index (χ0) is 16.1. The molecular formula is C13H7Cl2F3N2OS. The molecule has 0 amide bonds. The van der Waals surface area contributed by atoms with Gasteiger partial charge in [0.2, 0.25) is 0 Å². The maximum absolute atomic E-state index is 13.0. The SMILES string of the molecule is O=C1CC(c2cc(Cl)sc2Cl)Cc2nncc(C(F)(F)F)c21. The number of Topliss-reactive ketones (excluding diaryl/α,β-unsaturated/α-hetero) is 1. The van der Waals surface area contributed by atoms with Crippen molar-refractivity contribution >= 4 is 40.3 Å². The molecule has 0 radical (unpaired) electrons. The van der Waals surface area contributed by atoms with E-state index in [9.17, 15) is 18.0 Å². The quantitative estimate of drug-likeness (QED) is 0.729. The maximum atomic E-state index is 13.0. The predicted molar refractivity (Wildman–Crippen MR) is 76.8 cm³/mol. The van der Waals surface area contributed by atoms with E-state index in [2.05, 4.69) is 10.2 Å². The summed E-state index contributed by atoms with van der Waals surface area (Å²) in [6.45, 7) is 0. The number of thiophene rings is 1. The number of rotatable bonds is 1. The second-order valence-corrected chi connectivity index (χ2v) is 7.17. The summed E-state index contributed by atoms with van der Waals surface area (Å²) >= 11 is 13.1. The molecule has 3 rings (SSSR count). The van der Waals surface area contributed by atoms with Crippen molar-refractivity contribution < 1.29 is 18.0 Å². The van der Waals surface area contributed by atoms with E-state index in [1.54, 1.807) is 6.07 Å². The first-order valence-corrected chi connectivity index (χ1v) is 7.74. The first-order valence-electron chi connectivity index (χ1n) is 6.17. The summed E-state index contributed by atoms with van der Waals surface area (Å²) in [6.07, 6.45) is -3.93. The number of fused-ring (bicyclic) bond motifs is 1. The Hall–Kier alpha value is -1.18. The fourth-order valence-corrected chi connectivity index (χ4v) is 4.20. The molecule has 0 aromatic carbocycles. The molecule has 2 aromatic heterocycles. The molecule has 3 nitrogen and oxygen atoms in total. The van der Waals surface area contributed by atoms with E-state index < -0.39 is 17.5 Å². The van der Waals surface area contributed by atoms with Gasteiger partial charge in [0.1, 0.15) is 0 Å². The average Bonchev–Trinajstić information content (AvgIpc) is 2.76. The van der Waals surface area contributed by atoms with Crippen LogP contribution in [0.5, 0.6) is 0 Å². The number of carbonyl (C=O) groups excluding carboxylic acids is 1. The van der Waals surface area contributed by atoms with Crippen LogP contribution in [-0.2, 0) is 12.6 Å². The van der Waals surface area contributed by atoms with Gasteiger partial charge in [0.15, 0.2) is 5.78 Å². The van der Waals surface area contributed by atoms with Crippen LogP contribution in [0.2, 0.25) is 8.67 Å². The fraction of sp³-hybridized carbons (Fsp3) is 0.308. The molecule has 1 unspecified atom stereocenters. The lowest BCUT2D eigenvalue weighted by atomic mass is 9.81. The number of carbonyl (C=O) groups is 1. The highest BCUT2D eigenvalue weighted by Crippen LogP contribution is 2.43. The van der Waals surface area contributed by atoms with Gasteiger partial charge in [0.05, 0.1) is 31.7 Å². The van der Waals surface area contributed by atoms with Gasteiger partial charge in [0.25, 0.3) is 0 Å². The Balaban J connectivity index is 2.04. The molecule has 2 aromatic rings. The molecule has 1 atom stereocenters. The standard InChI is InChI=1S/C13H7Cl2F3N2OS/c14-10-3-6(12(15)22-10)5-1-8-11(9(21)2-5)7(4-19-20-8)13(16,17)18/h3-5H,1-2H2. The largest absolute Gasteiger partial charge is 0.418 e. The summed E-state index contributed by atoms with van der Waals surface area (Å²) in [4.78, 5) is 12.2. The summed E-state index contributed by atoms with van der Waals surface area (Å²) in [7, 11) is 0. The lowest BCUT2D eigenvalue weighted by Crippen LogP contribution is -2.25. The maximum Gasteiger partial charge on any atom is 0.418 e. The molecule has 0 aliphatic heterocycles. The van der Waals surface area contributed by atoms with E-state index in [-0.39, 0.29) is 30.0 Å². The van der Waals surface area contributed by atoms with Crippen molar-refractivity contribution in [1.29, 1.82) is 0 Å². The van der Waals surface area contributed by atoms with Crippen molar-refractivity contribution in [3.8, 4) is 0 Å². The zero-order valence-corrected chi connectivity index (χ0v) is 13.1. The molecule has 0 fully saturated rings. The van der Waals surface area contributed by atoms with Gasteiger partial charge in [0, 0.05) is 6.42 Å². The van der Waals surface area contributed by atoms with Gasteiger partial charge in [-0.25, -0.2) is 0 Å². The molecule has 0 spiro atoms. The lowest BCUT2D eigenvalue weighted by molar-refractivity contribution is -0.138. The van der Waals surface area contributed by atoms with Crippen LogP contribution in [-0.4, -0.2) is 16.0 Å². The predicted octanol–water partition coefficient (Wildman–Crippen LogP) is 4.78. The van der Waals surface area contributed by atoms with Crippen LogP contribution in [0, 0.1) is 0 Å². The van der Waals surface area contributed by atoms with Gasteiger partial charge < -0.3 is 0 Å². The van der Waals surface area contributed by atoms with Gasteiger partial charge in [-0.15, -0.1) is 11.3 Å². The van der Waals surface area contributed by atoms with E-state index in [1.807, 2.05) is 0 Å².